The molecule has 3 atom stereocenters. The number of hydrogen-bond acceptors (Lipinski definition) is 2. The first-order valence-electron chi connectivity index (χ1n) is 7.97. The molecular formula is C18H27NOS. The first-order valence-corrected chi connectivity index (χ1v) is 8.38. The van der Waals surface area contributed by atoms with Crippen LogP contribution < -0.4 is 5.73 Å². The summed E-state index contributed by atoms with van der Waals surface area (Å²) < 4.78 is 6.25. The van der Waals surface area contributed by atoms with Gasteiger partial charge in [-0.25, -0.2) is 0 Å². The van der Waals surface area contributed by atoms with Crippen LogP contribution in [0, 0.1) is 17.8 Å². The third kappa shape index (κ3) is 4.52. The van der Waals surface area contributed by atoms with Gasteiger partial charge in [0.1, 0.15) is 4.99 Å². The molecule has 21 heavy (non-hydrogen) atoms. The van der Waals surface area contributed by atoms with E-state index < -0.39 is 0 Å². The zero-order valence-corrected chi connectivity index (χ0v) is 14.2. The van der Waals surface area contributed by atoms with Crippen molar-refractivity contribution in [3.63, 3.8) is 0 Å². The lowest BCUT2D eigenvalue weighted by Crippen LogP contribution is -2.34. The third-order valence-electron chi connectivity index (χ3n) is 4.66. The maximum absolute atomic E-state index is 6.25. The molecule has 2 N–H and O–H groups in total. The standard InChI is InChI=1S/C18H27NOS/c1-12(2)16-9-4-13(3)10-17(16)20-11-14-5-7-15(8-6-14)18(19)21/h5-8,12-13,16-17H,4,9-11H2,1-3H3,(H2,19,21). The minimum atomic E-state index is 0.393. The van der Waals surface area contributed by atoms with E-state index in [1.807, 2.05) is 12.1 Å². The van der Waals surface area contributed by atoms with Crippen LogP contribution in [0.15, 0.2) is 24.3 Å². The van der Waals surface area contributed by atoms with E-state index in [-0.39, 0.29) is 0 Å². The molecular weight excluding hydrogens is 278 g/mol. The lowest BCUT2D eigenvalue weighted by molar-refractivity contribution is -0.0472. The van der Waals surface area contributed by atoms with Gasteiger partial charge in [0.05, 0.1) is 12.7 Å². The molecule has 116 valence electrons. The molecule has 1 aliphatic rings. The zero-order valence-electron chi connectivity index (χ0n) is 13.3. The predicted octanol–water partition coefficient (Wildman–Crippen LogP) is 4.30. The van der Waals surface area contributed by atoms with Crippen molar-refractivity contribution in [3.8, 4) is 0 Å². The van der Waals surface area contributed by atoms with Crippen molar-refractivity contribution < 1.29 is 4.74 Å². The van der Waals surface area contributed by atoms with E-state index in [2.05, 4.69) is 32.9 Å². The van der Waals surface area contributed by atoms with Gasteiger partial charge in [-0.05, 0) is 36.2 Å². The van der Waals surface area contributed by atoms with Gasteiger partial charge in [0.15, 0.2) is 0 Å². The molecule has 2 rings (SSSR count). The summed E-state index contributed by atoms with van der Waals surface area (Å²) in [6, 6.07) is 8.07. The maximum Gasteiger partial charge on any atom is 0.103 e. The van der Waals surface area contributed by atoms with E-state index in [1.165, 1.54) is 24.8 Å². The van der Waals surface area contributed by atoms with Crippen LogP contribution in [-0.4, -0.2) is 11.1 Å². The lowest BCUT2D eigenvalue weighted by atomic mass is 9.75. The average Bonchev–Trinajstić information content (AvgIpc) is 2.45. The topological polar surface area (TPSA) is 35.2 Å². The van der Waals surface area contributed by atoms with E-state index in [0.29, 0.717) is 29.5 Å². The number of rotatable bonds is 5. The molecule has 3 heteroatoms. The Hall–Kier alpha value is -0.930. The average molecular weight is 305 g/mol. The highest BCUT2D eigenvalue weighted by molar-refractivity contribution is 7.80. The number of hydrogen-bond donors (Lipinski definition) is 1. The second-order valence-electron chi connectivity index (χ2n) is 6.74. The molecule has 1 aromatic rings. The molecule has 0 aliphatic heterocycles. The normalized spacial score (nSPS) is 26.0. The summed E-state index contributed by atoms with van der Waals surface area (Å²) in [5, 5.41) is 0. The highest BCUT2D eigenvalue weighted by atomic mass is 32.1. The maximum atomic E-state index is 6.25. The number of ether oxygens (including phenoxy) is 1. The van der Waals surface area contributed by atoms with Gasteiger partial charge < -0.3 is 10.5 Å². The van der Waals surface area contributed by atoms with E-state index in [0.717, 1.165) is 11.5 Å². The van der Waals surface area contributed by atoms with Crippen molar-refractivity contribution in [1.29, 1.82) is 0 Å². The Morgan fingerprint density at radius 3 is 2.52 bits per heavy atom. The van der Waals surface area contributed by atoms with Crippen molar-refractivity contribution in [3.05, 3.63) is 35.4 Å². The highest BCUT2D eigenvalue weighted by Crippen LogP contribution is 2.35. The van der Waals surface area contributed by atoms with E-state index in [4.69, 9.17) is 22.7 Å². The highest BCUT2D eigenvalue weighted by Gasteiger charge is 2.31. The molecule has 0 aromatic heterocycles. The second kappa shape index (κ2) is 7.37. The largest absolute Gasteiger partial charge is 0.389 e. The minimum Gasteiger partial charge on any atom is -0.389 e. The van der Waals surface area contributed by atoms with Gasteiger partial charge in [0, 0.05) is 5.56 Å². The Kier molecular flexibility index (Phi) is 5.77. The van der Waals surface area contributed by atoms with Crippen LogP contribution in [0.3, 0.4) is 0 Å². The molecule has 1 saturated carbocycles. The van der Waals surface area contributed by atoms with Crippen molar-refractivity contribution >= 4 is 17.2 Å². The molecule has 0 bridgehead atoms. The van der Waals surface area contributed by atoms with E-state index in [9.17, 15) is 0 Å². The lowest BCUT2D eigenvalue weighted by Gasteiger charge is -2.37. The van der Waals surface area contributed by atoms with Crippen LogP contribution in [-0.2, 0) is 11.3 Å². The second-order valence-corrected chi connectivity index (χ2v) is 7.18. The van der Waals surface area contributed by atoms with Crippen LogP contribution in [0.5, 0.6) is 0 Å². The van der Waals surface area contributed by atoms with E-state index in [1.54, 1.807) is 0 Å². The zero-order chi connectivity index (χ0) is 15.4. The molecule has 1 aliphatic carbocycles. The first-order chi connectivity index (χ1) is 9.97. The van der Waals surface area contributed by atoms with Crippen molar-refractivity contribution in [2.45, 2.75) is 52.7 Å². The Labute approximate surface area is 134 Å². The van der Waals surface area contributed by atoms with Crippen LogP contribution in [0.25, 0.3) is 0 Å². The SMILES string of the molecule is CC1CCC(C(C)C)C(OCc2ccc(C(N)=S)cc2)C1. The van der Waals surface area contributed by atoms with Crippen LogP contribution in [0.2, 0.25) is 0 Å². The Morgan fingerprint density at radius 2 is 1.95 bits per heavy atom. The Balaban J connectivity index is 1.95. The van der Waals surface area contributed by atoms with Crippen LogP contribution in [0.1, 0.15) is 51.2 Å². The van der Waals surface area contributed by atoms with Crippen molar-refractivity contribution in [2.24, 2.45) is 23.5 Å². The fraction of sp³-hybridized carbons (Fsp3) is 0.611. The summed E-state index contributed by atoms with van der Waals surface area (Å²) in [7, 11) is 0. The smallest absolute Gasteiger partial charge is 0.103 e. The molecule has 2 nitrogen and oxygen atoms in total. The molecule has 1 fully saturated rings. The van der Waals surface area contributed by atoms with Gasteiger partial charge in [-0.1, -0.05) is 63.7 Å². The molecule has 3 unspecified atom stereocenters. The van der Waals surface area contributed by atoms with Gasteiger partial charge in [-0.3, -0.25) is 0 Å². The van der Waals surface area contributed by atoms with Crippen LogP contribution >= 0.6 is 12.2 Å². The number of benzene rings is 1. The quantitative estimate of drug-likeness (QED) is 0.824. The van der Waals surface area contributed by atoms with Gasteiger partial charge in [-0.15, -0.1) is 0 Å². The Bertz CT molecular complexity index is 469. The van der Waals surface area contributed by atoms with Crippen LogP contribution in [0.4, 0.5) is 0 Å². The first kappa shape index (κ1) is 16.4. The van der Waals surface area contributed by atoms with Gasteiger partial charge in [0.25, 0.3) is 0 Å². The summed E-state index contributed by atoms with van der Waals surface area (Å²) >= 11 is 4.98. The molecule has 0 amide bonds. The van der Waals surface area contributed by atoms with E-state index >= 15 is 0 Å². The van der Waals surface area contributed by atoms with Crippen molar-refractivity contribution in [1.82, 2.24) is 0 Å². The third-order valence-corrected chi connectivity index (χ3v) is 4.90. The van der Waals surface area contributed by atoms with Gasteiger partial charge >= 0.3 is 0 Å². The molecule has 0 radical (unpaired) electrons. The van der Waals surface area contributed by atoms with Crippen molar-refractivity contribution in [2.75, 3.05) is 0 Å². The summed E-state index contributed by atoms with van der Waals surface area (Å²) in [4.78, 5) is 0.448. The summed E-state index contributed by atoms with van der Waals surface area (Å²) in [6.45, 7) is 7.64. The molecule has 0 heterocycles. The number of nitrogens with two attached hydrogens (primary N) is 1. The Morgan fingerprint density at radius 1 is 1.29 bits per heavy atom. The summed E-state index contributed by atoms with van der Waals surface area (Å²) in [5.41, 5.74) is 7.73. The number of thiocarbonyl (C=S) groups is 1. The predicted molar refractivity (Wildman–Crippen MR) is 92.2 cm³/mol. The fourth-order valence-electron chi connectivity index (χ4n) is 3.27. The monoisotopic (exact) mass is 305 g/mol. The summed E-state index contributed by atoms with van der Waals surface area (Å²) in [6.07, 6.45) is 4.22. The fourth-order valence-corrected chi connectivity index (χ4v) is 3.41. The molecule has 1 aromatic carbocycles. The summed E-state index contributed by atoms with van der Waals surface area (Å²) in [5.74, 6) is 2.17. The van der Waals surface area contributed by atoms with Gasteiger partial charge in [-0.2, -0.15) is 0 Å². The molecule has 0 saturated heterocycles. The minimum absolute atomic E-state index is 0.393. The molecule has 0 spiro atoms. The van der Waals surface area contributed by atoms with Gasteiger partial charge in [0.2, 0.25) is 0 Å².